The van der Waals surface area contributed by atoms with Crippen LogP contribution in [0.2, 0.25) is 10.0 Å². The largest absolute Gasteiger partial charge is 0.340 e. The maximum atomic E-state index is 13.2. The minimum Gasteiger partial charge on any atom is -0.340 e. The third kappa shape index (κ3) is 3.34. The number of fused-ring (bicyclic) bond motifs is 1. The lowest BCUT2D eigenvalue weighted by molar-refractivity contribution is 0.628. The topological polar surface area (TPSA) is 37.8 Å². The quantitative estimate of drug-likeness (QED) is 0.439. The van der Waals surface area contributed by atoms with Gasteiger partial charge in [-0.25, -0.2) is 14.4 Å². The molecule has 0 aliphatic carbocycles. The van der Waals surface area contributed by atoms with Crippen LogP contribution in [0, 0.1) is 5.82 Å². The zero-order chi connectivity index (χ0) is 18.1. The Morgan fingerprint density at radius 3 is 2.35 bits per heavy atom. The molecule has 0 aliphatic heterocycles. The first-order chi connectivity index (χ1) is 12.6. The Morgan fingerprint density at radius 1 is 0.808 bits per heavy atom. The van der Waals surface area contributed by atoms with E-state index in [1.807, 2.05) is 30.3 Å². The van der Waals surface area contributed by atoms with Gasteiger partial charge in [-0.1, -0.05) is 35.3 Å². The van der Waals surface area contributed by atoms with Crippen LogP contribution >= 0.6 is 23.2 Å². The summed E-state index contributed by atoms with van der Waals surface area (Å²) in [5.41, 5.74) is 2.27. The number of para-hydroxylation sites is 1. The lowest BCUT2D eigenvalue weighted by atomic mass is 10.1. The van der Waals surface area contributed by atoms with Crippen LogP contribution in [0.3, 0.4) is 0 Å². The molecule has 0 amide bonds. The van der Waals surface area contributed by atoms with E-state index in [1.165, 1.54) is 12.1 Å². The Labute approximate surface area is 159 Å². The van der Waals surface area contributed by atoms with Crippen molar-refractivity contribution in [1.29, 1.82) is 0 Å². The van der Waals surface area contributed by atoms with Crippen LogP contribution in [0.4, 0.5) is 15.9 Å². The molecule has 4 rings (SSSR count). The standard InChI is InChI=1S/C20H12Cl2FN3/c21-16-10-5-12(11-17(16)22)19-25-18-4-2-1-3-15(18)20(26-19)24-14-8-6-13(23)7-9-14/h1-11H,(H,24,25,26). The summed E-state index contributed by atoms with van der Waals surface area (Å²) in [6, 6.07) is 19.0. The van der Waals surface area contributed by atoms with Crippen molar-refractivity contribution in [3.05, 3.63) is 82.6 Å². The SMILES string of the molecule is Fc1ccc(Nc2nc(-c3ccc(Cl)c(Cl)c3)nc3ccccc23)cc1. The molecule has 0 bridgehead atoms. The normalized spacial score (nSPS) is 10.9. The molecule has 0 saturated heterocycles. The van der Waals surface area contributed by atoms with Gasteiger partial charge in [0.2, 0.25) is 0 Å². The van der Waals surface area contributed by atoms with E-state index >= 15 is 0 Å². The van der Waals surface area contributed by atoms with Gasteiger partial charge in [0.1, 0.15) is 11.6 Å². The van der Waals surface area contributed by atoms with Crippen molar-refractivity contribution in [3.8, 4) is 11.4 Å². The molecule has 4 aromatic rings. The zero-order valence-electron chi connectivity index (χ0n) is 13.4. The van der Waals surface area contributed by atoms with Gasteiger partial charge in [0.05, 0.1) is 15.6 Å². The van der Waals surface area contributed by atoms with Crippen LogP contribution in [-0.4, -0.2) is 9.97 Å². The Balaban J connectivity index is 1.85. The Hall–Kier alpha value is -2.69. The van der Waals surface area contributed by atoms with Gasteiger partial charge in [0.15, 0.2) is 5.82 Å². The number of nitrogens with zero attached hydrogens (tertiary/aromatic N) is 2. The van der Waals surface area contributed by atoms with E-state index in [4.69, 9.17) is 23.2 Å². The van der Waals surface area contributed by atoms with Gasteiger partial charge in [0, 0.05) is 16.6 Å². The molecule has 1 N–H and O–H groups in total. The van der Waals surface area contributed by atoms with Gasteiger partial charge in [-0.15, -0.1) is 0 Å². The second-order valence-corrected chi connectivity index (χ2v) is 6.49. The van der Waals surface area contributed by atoms with E-state index in [-0.39, 0.29) is 5.82 Å². The molecule has 1 aromatic heterocycles. The van der Waals surface area contributed by atoms with E-state index in [0.29, 0.717) is 21.7 Å². The number of benzene rings is 3. The molecule has 3 aromatic carbocycles. The van der Waals surface area contributed by atoms with Gasteiger partial charge < -0.3 is 5.32 Å². The number of aromatic nitrogens is 2. The number of rotatable bonds is 3. The van der Waals surface area contributed by atoms with E-state index < -0.39 is 0 Å². The smallest absolute Gasteiger partial charge is 0.162 e. The van der Waals surface area contributed by atoms with Crippen molar-refractivity contribution in [1.82, 2.24) is 9.97 Å². The highest BCUT2D eigenvalue weighted by Gasteiger charge is 2.11. The van der Waals surface area contributed by atoms with Crippen LogP contribution in [0.15, 0.2) is 66.7 Å². The van der Waals surface area contributed by atoms with Crippen molar-refractivity contribution < 1.29 is 4.39 Å². The predicted molar refractivity (Wildman–Crippen MR) is 105 cm³/mol. The summed E-state index contributed by atoms with van der Waals surface area (Å²) >= 11 is 12.1. The molecule has 0 atom stereocenters. The summed E-state index contributed by atoms with van der Waals surface area (Å²) in [7, 11) is 0. The molecule has 0 aliphatic rings. The van der Waals surface area contributed by atoms with Crippen LogP contribution in [0.1, 0.15) is 0 Å². The molecule has 0 fully saturated rings. The van der Waals surface area contributed by atoms with Crippen molar-refractivity contribution in [2.24, 2.45) is 0 Å². The molecule has 0 unspecified atom stereocenters. The highest BCUT2D eigenvalue weighted by Crippen LogP contribution is 2.30. The number of nitrogens with one attached hydrogen (secondary N) is 1. The molecular formula is C20H12Cl2FN3. The van der Waals surface area contributed by atoms with E-state index in [9.17, 15) is 4.39 Å². The van der Waals surface area contributed by atoms with E-state index in [1.54, 1.807) is 24.3 Å². The fraction of sp³-hybridized carbons (Fsp3) is 0. The lowest BCUT2D eigenvalue weighted by Gasteiger charge is -2.11. The first-order valence-electron chi connectivity index (χ1n) is 7.85. The average molecular weight is 384 g/mol. The highest BCUT2D eigenvalue weighted by atomic mass is 35.5. The molecular weight excluding hydrogens is 372 g/mol. The maximum Gasteiger partial charge on any atom is 0.162 e. The molecule has 26 heavy (non-hydrogen) atoms. The van der Waals surface area contributed by atoms with Gasteiger partial charge in [-0.2, -0.15) is 0 Å². The molecule has 0 saturated carbocycles. The average Bonchev–Trinajstić information content (AvgIpc) is 2.66. The minimum absolute atomic E-state index is 0.292. The predicted octanol–water partition coefficient (Wildman–Crippen LogP) is 6.49. The third-order valence-corrected chi connectivity index (χ3v) is 4.63. The second kappa shape index (κ2) is 6.90. The Kier molecular flexibility index (Phi) is 4.45. The summed E-state index contributed by atoms with van der Waals surface area (Å²) in [4.78, 5) is 9.26. The number of hydrogen-bond acceptors (Lipinski definition) is 3. The molecule has 0 radical (unpaired) electrons. The minimum atomic E-state index is -0.292. The van der Waals surface area contributed by atoms with Crippen LogP contribution in [0.5, 0.6) is 0 Å². The zero-order valence-corrected chi connectivity index (χ0v) is 14.9. The summed E-state index contributed by atoms with van der Waals surface area (Å²) in [5.74, 6) is 0.856. The van der Waals surface area contributed by atoms with Crippen molar-refractivity contribution in [2.75, 3.05) is 5.32 Å². The Morgan fingerprint density at radius 2 is 1.58 bits per heavy atom. The molecule has 128 valence electrons. The fourth-order valence-corrected chi connectivity index (χ4v) is 2.90. The lowest BCUT2D eigenvalue weighted by Crippen LogP contribution is -1.99. The van der Waals surface area contributed by atoms with Gasteiger partial charge in [0.25, 0.3) is 0 Å². The maximum absolute atomic E-state index is 13.2. The first-order valence-corrected chi connectivity index (χ1v) is 8.60. The monoisotopic (exact) mass is 383 g/mol. The van der Waals surface area contributed by atoms with Gasteiger partial charge in [-0.3, -0.25) is 0 Å². The summed E-state index contributed by atoms with van der Waals surface area (Å²) in [6.45, 7) is 0. The second-order valence-electron chi connectivity index (χ2n) is 5.67. The third-order valence-electron chi connectivity index (χ3n) is 3.89. The van der Waals surface area contributed by atoms with Crippen molar-refractivity contribution >= 4 is 45.6 Å². The molecule has 1 heterocycles. The van der Waals surface area contributed by atoms with Gasteiger partial charge in [-0.05, 0) is 54.6 Å². The van der Waals surface area contributed by atoms with Crippen LogP contribution in [-0.2, 0) is 0 Å². The molecule has 6 heteroatoms. The summed E-state index contributed by atoms with van der Waals surface area (Å²) < 4.78 is 13.2. The number of anilines is 2. The first kappa shape index (κ1) is 16.8. The van der Waals surface area contributed by atoms with Crippen LogP contribution in [0.25, 0.3) is 22.3 Å². The summed E-state index contributed by atoms with van der Waals surface area (Å²) in [5, 5.41) is 5.01. The van der Waals surface area contributed by atoms with E-state index in [0.717, 1.165) is 22.2 Å². The number of halogens is 3. The number of hydrogen-bond donors (Lipinski definition) is 1. The van der Waals surface area contributed by atoms with Crippen molar-refractivity contribution in [2.45, 2.75) is 0 Å². The van der Waals surface area contributed by atoms with E-state index in [2.05, 4.69) is 15.3 Å². The molecule has 3 nitrogen and oxygen atoms in total. The highest BCUT2D eigenvalue weighted by molar-refractivity contribution is 6.42. The fourth-order valence-electron chi connectivity index (χ4n) is 2.61. The molecule has 0 spiro atoms. The Bertz CT molecular complexity index is 1100. The van der Waals surface area contributed by atoms with Crippen molar-refractivity contribution in [3.63, 3.8) is 0 Å². The summed E-state index contributed by atoms with van der Waals surface area (Å²) in [6.07, 6.45) is 0. The van der Waals surface area contributed by atoms with Gasteiger partial charge >= 0.3 is 0 Å². The van der Waals surface area contributed by atoms with Crippen LogP contribution < -0.4 is 5.32 Å².